The van der Waals surface area contributed by atoms with Crippen LogP contribution in [0.2, 0.25) is 0 Å². The van der Waals surface area contributed by atoms with Crippen molar-refractivity contribution >= 4 is 50.5 Å². The highest BCUT2D eigenvalue weighted by atomic mass is 79.9. The Hall–Kier alpha value is -1.60. The molecular weight excluding hydrogens is 519 g/mol. The number of thiocarbonyl (C=S) groups is 1. The largest absolute Gasteiger partial charge is 0.414 e. The fourth-order valence-electron chi connectivity index (χ4n) is 3.49. The summed E-state index contributed by atoms with van der Waals surface area (Å²) in [6.45, 7) is 1.40. The maximum atomic E-state index is 13.5. The number of hydrogen-bond donors (Lipinski definition) is 3. The molecule has 6 nitrogen and oxygen atoms in total. The summed E-state index contributed by atoms with van der Waals surface area (Å²) in [5, 5.41) is 17.2. The molecule has 0 spiro atoms. The number of halogens is 4. The lowest BCUT2D eigenvalue weighted by Gasteiger charge is -2.47. The molecule has 1 aliphatic heterocycles. The Balaban J connectivity index is 1.95. The number of rotatable bonds is 4. The standard InChI is InChI=1S/C19H19BrF3N3O3S2/c1-10-7-12(14(27)19(21,22)23)18(9-29-10,16-24-13(20)8-31-16)26-17(30)25-15(28)11-5-3-2-4-6-11/h2-6,8,10,12,14,27H,7,9H2,1H3,(H2,25,26,28,30)/t10-,12-,14?,18-/m0/s1. The molecule has 31 heavy (non-hydrogen) atoms. The summed E-state index contributed by atoms with van der Waals surface area (Å²) < 4.78 is 46.7. The van der Waals surface area contributed by atoms with E-state index in [9.17, 15) is 23.1 Å². The van der Waals surface area contributed by atoms with Gasteiger partial charge in [0, 0.05) is 16.9 Å². The van der Waals surface area contributed by atoms with E-state index in [1.54, 1.807) is 42.6 Å². The molecule has 12 heteroatoms. The van der Waals surface area contributed by atoms with Crippen LogP contribution in [0.1, 0.15) is 28.7 Å². The summed E-state index contributed by atoms with van der Waals surface area (Å²) in [4.78, 5) is 16.7. The Kier molecular flexibility index (Phi) is 7.36. The topological polar surface area (TPSA) is 83.5 Å². The summed E-state index contributed by atoms with van der Waals surface area (Å²) >= 11 is 9.56. The number of amides is 1. The van der Waals surface area contributed by atoms with Gasteiger partial charge in [0.2, 0.25) is 0 Å². The number of hydrogen-bond acceptors (Lipinski definition) is 6. The Morgan fingerprint density at radius 1 is 1.42 bits per heavy atom. The number of aliphatic hydroxyl groups excluding tert-OH is 1. The molecule has 1 saturated heterocycles. The molecule has 0 bridgehead atoms. The highest BCUT2D eigenvalue weighted by molar-refractivity contribution is 9.10. The Morgan fingerprint density at radius 3 is 2.68 bits per heavy atom. The Bertz CT molecular complexity index is 944. The van der Waals surface area contributed by atoms with Crippen molar-refractivity contribution in [3.8, 4) is 0 Å². The van der Waals surface area contributed by atoms with Gasteiger partial charge in [0.05, 0.1) is 12.7 Å². The highest BCUT2D eigenvalue weighted by Gasteiger charge is 2.57. The number of carbonyl (C=O) groups excluding carboxylic acids is 1. The van der Waals surface area contributed by atoms with Crippen molar-refractivity contribution in [2.24, 2.45) is 5.92 Å². The average Bonchev–Trinajstić information content (AvgIpc) is 3.15. The quantitative estimate of drug-likeness (QED) is 0.515. The molecule has 1 aromatic heterocycles. The SMILES string of the molecule is C[C@H]1C[C@@H](C(O)C(F)(F)F)[C@](NC(=S)NC(=O)c2ccccc2)(c2nc(Br)cs2)CO1. The number of carbonyl (C=O) groups is 1. The summed E-state index contributed by atoms with van der Waals surface area (Å²) in [6.07, 6.45) is -8.13. The first kappa shape index (κ1) is 24.1. The summed E-state index contributed by atoms with van der Waals surface area (Å²) in [5.41, 5.74) is -1.27. The van der Waals surface area contributed by atoms with E-state index in [4.69, 9.17) is 17.0 Å². The van der Waals surface area contributed by atoms with E-state index in [1.807, 2.05) is 0 Å². The minimum Gasteiger partial charge on any atom is -0.383 e. The van der Waals surface area contributed by atoms with E-state index >= 15 is 0 Å². The minimum absolute atomic E-state index is 0.0971. The van der Waals surface area contributed by atoms with E-state index in [0.29, 0.717) is 10.2 Å². The molecule has 1 unspecified atom stereocenters. The van der Waals surface area contributed by atoms with Gasteiger partial charge in [-0.3, -0.25) is 10.1 Å². The minimum atomic E-state index is -4.86. The molecule has 1 aliphatic rings. The number of alkyl halides is 3. The van der Waals surface area contributed by atoms with E-state index in [0.717, 1.165) is 11.3 Å². The third kappa shape index (κ3) is 5.43. The normalized spacial score (nSPS) is 25.0. The second-order valence-corrected chi connectivity index (χ2v) is 9.25. The molecule has 2 heterocycles. The van der Waals surface area contributed by atoms with Gasteiger partial charge in [-0.15, -0.1) is 11.3 Å². The fourth-order valence-corrected chi connectivity index (χ4v) is 5.23. The van der Waals surface area contributed by atoms with Crippen LogP contribution in [0.25, 0.3) is 0 Å². The van der Waals surface area contributed by atoms with Crippen LogP contribution in [0.4, 0.5) is 13.2 Å². The second-order valence-electron chi connectivity index (χ2n) is 7.17. The maximum absolute atomic E-state index is 13.5. The van der Waals surface area contributed by atoms with Crippen molar-refractivity contribution < 1.29 is 27.8 Å². The third-order valence-corrected chi connectivity index (χ3v) is 6.92. The highest BCUT2D eigenvalue weighted by Crippen LogP contribution is 2.45. The van der Waals surface area contributed by atoms with Crippen molar-refractivity contribution in [3.63, 3.8) is 0 Å². The molecule has 3 N–H and O–H groups in total. The van der Waals surface area contributed by atoms with Gasteiger partial charge < -0.3 is 15.2 Å². The van der Waals surface area contributed by atoms with Crippen molar-refractivity contribution in [1.82, 2.24) is 15.6 Å². The number of thiazole rings is 1. The number of aromatic nitrogens is 1. The maximum Gasteiger partial charge on any atom is 0.414 e. The zero-order chi connectivity index (χ0) is 22.8. The van der Waals surface area contributed by atoms with Crippen LogP contribution < -0.4 is 10.6 Å². The zero-order valence-corrected chi connectivity index (χ0v) is 19.4. The number of aliphatic hydroxyl groups is 1. The van der Waals surface area contributed by atoms with Crippen molar-refractivity contribution in [1.29, 1.82) is 0 Å². The van der Waals surface area contributed by atoms with Crippen molar-refractivity contribution in [2.75, 3.05) is 6.61 Å². The van der Waals surface area contributed by atoms with Crippen LogP contribution in [0.15, 0.2) is 40.3 Å². The van der Waals surface area contributed by atoms with E-state index in [1.165, 1.54) is 0 Å². The lowest BCUT2D eigenvalue weighted by Crippen LogP contribution is -2.64. The molecule has 0 saturated carbocycles. The van der Waals surface area contributed by atoms with Crippen LogP contribution >= 0.6 is 39.5 Å². The van der Waals surface area contributed by atoms with Gasteiger partial charge >= 0.3 is 6.18 Å². The monoisotopic (exact) mass is 537 g/mol. The molecule has 1 amide bonds. The molecule has 3 rings (SSSR count). The molecule has 1 fully saturated rings. The first-order chi connectivity index (χ1) is 14.5. The summed E-state index contributed by atoms with van der Waals surface area (Å²) in [5.74, 6) is -1.88. The van der Waals surface area contributed by atoms with Gasteiger partial charge in [0.25, 0.3) is 5.91 Å². The van der Waals surface area contributed by atoms with Crippen LogP contribution in [0.5, 0.6) is 0 Å². The molecule has 2 aromatic rings. The third-order valence-electron chi connectivity index (χ3n) is 4.99. The van der Waals surface area contributed by atoms with Crippen LogP contribution in [0, 0.1) is 5.92 Å². The lowest BCUT2D eigenvalue weighted by molar-refractivity contribution is -0.241. The molecule has 4 atom stereocenters. The van der Waals surface area contributed by atoms with Gasteiger partial charge in [-0.25, -0.2) is 4.98 Å². The van der Waals surface area contributed by atoms with Gasteiger partial charge in [-0.1, -0.05) is 18.2 Å². The first-order valence-corrected chi connectivity index (χ1v) is 11.3. The van der Waals surface area contributed by atoms with Crippen LogP contribution in [-0.2, 0) is 10.3 Å². The first-order valence-electron chi connectivity index (χ1n) is 9.19. The van der Waals surface area contributed by atoms with Crippen molar-refractivity contribution in [3.05, 3.63) is 50.9 Å². The second kappa shape index (κ2) is 9.49. The number of nitrogens with one attached hydrogen (secondary N) is 2. The van der Waals surface area contributed by atoms with Gasteiger partial charge in [0.15, 0.2) is 11.2 Å². The average molecular weight is 538 g/mol. The summed E-state index contributed by atoms with van der Waals surface area (Å²) in [7, 11) is 0. The van der Waals surface area contributed by atoms with E-state index in [2.05, 4.69) is 31.5 Å². The molecule has 0 radical (unpaired) electrons. The lowest BCUT2D eigenvalue weighted by atomic mass is 9.75. The summed E-state index contributed by atoms with van der Waals surface area (Å²) in [6, 6.07) is 8.24. The van der Waals surface area contributed by atoms with Crippen molar-refractivity contribution in [2.45, 2.75) is 37.3 Å². The zero-order valence-electron chi connectivity index (χ0n) is 16.1. The predicted molar refractivity (Wildman–Crippen MR) is 117 cm³/mol. The number of ether oxygens (including phenoxy) is 1. The van der Waals surface area contributed by atoms with Gasteiger partial charge in [-0.05, 0) is 53.6 Å². The van der Waals surface area contributed by atoms with Crippen LogP contribution in [-0.4, -0.2) is 46.1 Å². The number of nitrogens with zero attached hydrogens (tertiary/aromatic N) is 1. The smallest absolute Gasteiger partial charge is 0.383 e. The molecule has 1 aromatic carbocycles. The fraction of sp³-hybridized carbons (Fsp3) is 0.421. The molecular formula is C19H19BrF3N3O3S2. The Morgan fingerprint density at radius 2 is 2.10 bits per heavy atom. The van der Waals surface area contributed by atoms with Gasteiger partial charge in [0.1, 0.15) is 15.1 Å². The van der Waals surface area contributed by atoms with Gasteiger partial charge in [-0.2, -0.15) is 13.2 Å². The Labute approximate surface area is 194 Å². The van der Waals surface area contributed by atoms with Crippen LogP contribution in [0.3, 0.4) is 0 Å². The molecule has 168 valence electrons. The number of benzene rings is 1. The molecule has 0 aliphatic carbocycles. The van der Waals surface area contributed by atoms with E-state index < -0.39 is 35.7 Å². The predicted octanol–water partition coefficient (Wildman–Crippen LogP) is 3.75. The van der Waals surface area contributed by atoms with E-state index in [-0.39, 0.29) is 23.1 Å².